The number of hydrogen-bond donors (Lipinski definition) is 1. The van der Waals surface area contributed by atoms with Gasteiger partial charge in [-0.1, -0.05) is 38.4 Å². The number of halogens is 1. The fourth-order valence-corrected chi connectivity index (χ4v) is 3.05. The SMILES string of the molecule is COC(=O)CCC(=O)OC.Cc1cc(-n2nc3ccc(Cl)cc3n2)c(O)c(C(C)(C)C)c1. The van der Waals surface area contributed by atoms with E-state index in [9.17, 15) is 14.7 Å². The van der Waals surface area contributed by atoms with Crippen molar-refractivity contribution in [2.75, 3.05) is 14.2 Å². The number of benzene rings is 2. The summed E-state index contributed by atoms with van der Waals surface area (Å²) in [5.74, 6) is -0.583. The molecule has 0 spiro atoms. The summed E-state index contributed by atoms with van der Waals surface area (Å²) in [6, 6.07) is 9.24. The number of aromatic nitrogens is 3. The van der Waals surface area contributed by atoms with Crippen molar-refractivity contribution in [3.63, 3.8) is 0 Å². The Morgan fingerprint density at radius 1 is 1.00 bits per heavy atom. The second-order valence-electron chi connectivity index (χ2n) is 8.20. The first kappa shape index (κ1) is 25.1. The van der Waals surface area contributed by atoms with Crippen LogP contribution < -0.4 is 0 Å². The normalized spacial score (nSPS) is 11.0. The zero-order chi connectivity index (χ0) is 24.1. The van der Waals surface area contributed by atoms with E-state index in [0.717, 1.165) is 16.6 Å². The van der Waals surface area contributed by atoms with Crippen LogP contribution in [-0.2, 0) is 24.5 Å². The van der Waals surface area contributed by atoms with Crippen molar-refractivity contribution in [2.45, 2.75) is 46.0 Å². The number of carbonyl (C=O) groups is 2. The van der Waals surface area contributed by atoms with E-state index in [1.807, 2.05) is 25.1 Å². The van der Waals surface area contributed by atoms with Gasteiger partial charge in [0.05, 0.1) is 27.1 Å². The largest absolute Gasteiger partial charge is 0.505 e. The Balaban J connectivity index is 0.000000309. The average Bonchev–Trinajstić information content (AvgIpc) is 3.15. The molecule has 1 heterocycles. The number of nitrogens with zero attached hydrogens (tertiary/aromatic N) is 3. The quantitative estimate of drug-likeness (QED) is 0.570. The Bertz CT molecular complexity index is 1100. The van der Waals surface area contributed by atoms with Gasteiger partial charge in [0.15, 0.2) is 0 Å². The van der Waals surface area contributed by atoms with Crippen LogP contribution in [0, 0.1) is 6.92 Å². The van der Waals surface area contributed by atoms with Crippen molar-refractivity contribution in [2.24, 2.45) is 0 Å². The highest BCUT2D eigenvalue weighted by Crippen LogP contribution is 2.36. The summed E-state index contributed by atoms with van der Waals surface area (Å²) >= 11 is 5.99. The molecule has 8 nitrogen and oxygen atoms in total. The molecule has 172 valence electrons. The monoisotopic (exact) mass is 461 g/mol. The van der Waals surface area contributed by atoms with Crippen molar-refractivity contribution < 1.29 is 24.2 Å². The van der Waals surface area contributed by atoms with Crippen LogP contribution in [-0.4, -0.2) is 46.3 Å². The van der Waals surface area contributed by atoms with Crippen LogP contribution in [0.1, 0.15) is 44.7 Å². The molecule has 1 aromatic heterocycles. The molecule has 0 aliphatic heterocycles. The van der Waals surface area contributed by atoms with E-state index in [-0.39, 0.29) is 24.0 Å². The highest BCUT2D eigenvalue weighted by Gasteiger charge is 2.22. The number of esters is 2. The maximum absolute atomic E-state index is 10.7. The highest BCUT2D eigenvalue weighted by atomic mass is 35.5. The van der Waals surface area contributed by atoms with Crippen LogP contribution in [0.5, 0.6) is 5.75 Å². The highest BCUT2D eigenvalue weighted by molar-refractivity contribution is 6.31. The summed E-state index contributed by atoms with van der Waals surface area (Å²) in [6.07, 6.45) is 0.173. The molecule has 32 heavy (non-hydrogen) atoms. The van der Waals surface area contributed by atoms with Crippen molar-refractivity contribution in [3.05, 3.63) is 46.5 Å². The summed E-state index contributed by atoms with van der Waals surface area (Å²) in [7, 11) is 2.55. The molecule has 0 radical (unpaired) electrons. The molecule has 0 aliphatic rings. The van der Waals surface area contributed by atoms with E-state index < -0.39 is 11.9 Å². The zero-order valence-electron chi connectivity index (χ0n) is 19.1. The molecular formula is C23H28ClN3O5. The number of phenolic OH excluding ortho intramolecular Hbond substituents is 1. The first-order valence-corrected chi connectivity index (χ1v) is 10.3. The van der Waals surface area contributed by atoms with E-state index in [1.165, 1.54) is 19.0 Å². The third kappa shape index (κ3) is 6.43. The van der Waals surface area contributed by atoms with Gasteiger partial charge in [0.2, 0.25) is 0 Å². The molecule has 9 heteroatoms. The van der Waals surface area contributed by atoms with Crippen LogP contribution >= 0.6 is 11.6 Å². The molecule has 0 unspecified atom stereocenters. The molecular weight excluding hydrogens is 434 g/mol. The standard InChI is InChI=1S/C17H18ClN3O.C6H10O4/c1-10-7-12(17(2,3)4)16(22)15(8-10)21-19-13-6-5-11(18)9-14(13)20-21;1-9-5(7)3-4-6(8)10-2/h5-9,22H,1-4H3;3-4H2,1-2H3. The van der Waals surface area contributed by atoms with Gasteiger partial charge in [0, 0.05) is 10.6 Å². The summed E-state index contributed by atoms with van der Waals surface area (Å²) in [6.45, 7) is 8.20. The second-order valence-corrected chi connectivity index (χ2v) is 8.64. The molecule has 3 aromatic rings. The van der Waals surface area contributed by atoms with Gasteiger partial charge in [-0.25, -0.2) is 0 Å². The van der Waals surface area contributed by atoms with Gasteiger partial charge >= 0.3 is 11.9 Å². The predicted molar refractivity (Wildman–Crippen MR) is 122 cm³/mol. The number of fused-ring (bicyclic) bond motifs is 1. The van der Waals surface area contributed by atoms with Crippen LogP contribution in [0.3, 0.4) is 0 Å². The zero-order valence-corrected chi connectivity index (χ0v) is 19.9. The Labute approximate surface area is 192 Å². The first-order chi connectivity index (χ1) is 15.0. The number of phenols is 1. The number of aromatic hydroxyl groups is 1. The van der Waals surface area contributed by atoms with Crippen LogP contribution in [0.15, 0.2) is 30.3 Å². The molecule has 0 saturated heterocycles. The minimum Gasteiger partial charge on any atom is -0.505 e. The fraction of sp³-hybridized carbons (Fsp3) is 0.391. The topological polar surface area (TPSA) is 104 Å². The Morgan fingerprint density at radius 2 is 1.56 bits per heavy atom. The predicted octanol–water partition coefficient (Wildman–Crippen LogP) is 4.50. The summed E-state index contributed by atoms with van der Waals surface area (Å²) in [5, 5.41) is 20.1. The lowest BCUT2D eigenvalue weighted by Gasteiger charge is -2.22. The van der Waals surface area contributed by atoms with Gasteiger partial charge in [0.1, 0.15) is 22.5 Å². The van der Waals surface area contributed by atoms with Crippen molar-refractivity contribution >= 4 is 34.6 Å². The van der Waals surface area contributed by atoms with E-state index in [4.69, 9.17) is 11.6 Å². The molecule has 0 atom stereocenters. The van der Waals surface area contributed by atoms with Crippen LogP contribution in [0.2, 0.25) is 5.02 Å². The summed E-state index contributed by atoms with van der Waals surface area (Å²) in [4.78, 5) is 22.3. The fourth-order valence-electron chi connectivity index (χ4n) is 2.89. The maximum atomic E-state index is 10.7. The number of methoxy groups -OCH3 is 2. The first-order valence-electron chi connectivity index (χ1n) is 9.97. The minimum absolute atomic E-state index is 0.0865. The van der Waals surface area contributed by atoms with Gasteiger partial charge in [-0.15, -0.1) is 15.0 Å². The van der Waals surface area contributed by atoms with E-state index in [1.54, 1.807) is 12.1 Å². The van der Waals surface area contributed by atoms with Gasteiger partial charge in [-0.3, -0.25) is 9.59 Å². The van der Waals surface area contributed by atoms with E-state index >= 15 is 0 Å². The Morgan fingerprint density at radius 3 is 2.09 bits per heavy atom. The van der Waals surface area contributed by atoms with E-state index in [0.29, 0.717) is 16.2 Å². The van der Waals surface area contributed by atoms with Gasteiger partial charge in [-0.2, -0.15) is 0 Å². The number of rotatable bonds is 4. The van der Waals surface area contributed by atoms with Crippen molar-refractivity contribution in [3.8, 4) is 11.4 Å². The molecule has 0 aliphatic carbocycles. The molecule has 0 bridgehead atoms. The van der Waals surface area contributed by atoms with Crippen molar-refractivity contribution in [1.29, 1.82) is 0 Å². The maximum Gasteiger partial charge on any atom is 0.306 e. The Hall–Kier alpha value is -3.13. The second kappa shape index (κ2) is 10.5. The Kier molecular flexibility index (Phi) is 8.21. The molecule has 1 N–H and O–H groups in total. The van der Waals surface area contributed by atoms with Gasteiger partial charge in [-0.05, 0) is 42.2 Å². The third-order valence-corrected chi connectivity index (χ3v) is 4.82. The molecule has 0 fully saturated rings. The number of hydrogen-bond acceptors (Lipinski definition) is 7. The lowest BCUT2D eigenvalue weighted by molar-refractivity contribution is -0.147. The van der Waals surface area contributed by atoms with Gasteiger partial charge in [0.25, 0.3) is 0 Å². The minimum atomic E-state index is -0.398. The number of aryl methyl sites for hydroxylation is 1. The van der Waals surface area contributed by atoms with Crippen LogP contribution in [0.25, 0.3) is 16.7 Å². The molecule has 3 rings (SSSR count). The van der Waals surface area contributed by atoms with Gasteiger partial charge < -0.3 is 14.6 Å². The summed E-state index contributed by atoms with van der Waals surface area (Å²) in [5.41, 5.74) is 3.78. The number of carbonyl (C=O) groups excluding carboxylic acids is 2. The van der Waals surface area contributed by atoms with Crippen LogP contribution in [0.4, 0.5) is 0 Å². The number of ether oxygens (including phenoxy) is 2. The molecule has 0 saturated carbocycles. The molecule has 0 amide bonds. The summed E-state index contributed by atoms with van der Waals surface area (Å²) < 4.78 is 8.60. The smallest absolute Gasteiger partial charge is 0.306 e. The average molecular weight is 462 g/mol. The molecule has 2 aromatic carbocycles. The third-order valence-electron chi connectivity index (χ3n) is 4.59. The lowest BCUT2D eigenvalue weighted by Crippen LogP contribution is -2.13. The van der Waals surface area contributed by atoms with Crippen molar-refractivity contribution in [1.82, 2.24) is 15.0 Å². The lowest BCUT2D eigenvalue weighted by atomic mass is 9.85. The van der Waals surface area contributed by atoms with E-state index in [2.05, 4.69) is 40.4 Å².